The lowest BCUT2D eigenvalue weighted by atomic mass is 10.1. The van der Waals surface area contributed by atoms with Gasteiger partial charge in [0.2, 0.25) is 0 Å². The average molecular weight is 447 g/mol. The fourth-order valence-corrected chi connectivity index (χ4v) is 2.99. The van der Waals surface area contributed by atoms with Crippen LogP contribution >= 0.6 is 0 Å². The van der Waals surface area contributed by atoms with Crippen LogP contribution in [0.25, 0.3) is 0 Å². The standard InChI is InChI=1S/C25H25N3O5/c1-16-7-8-18(24(30)26-2)13-22(16)28-25(31)17-9-11-20(12-10-17)33-15-23(29)27-19-5-4-6-21(14-19)32-3/h4-14H,15H2,1-3H3,(H,26,30)(H,27,29)(H,28,31). The molecule has 3 N–H and O–H groups in total. The molecule has 8 heteroatoms. The Hall–Kier alpha value is -4.33. The highest BCUT2D eigenvalue weighted by Crippen LogP contribution is 2.20. The van der Waals surface area contributed by atoms with E-state index in [4.69, 9.17) is 9.47 Å². The van der Waals surface area contributed by atoms with E-state index in [1.165, 1.54) is 0 Å². The lowest BCUT2D eigenvalue weighted by Gasteiger charge is -2.11. The van der Waals surface area contributed by atoms with E-state index in [9.17, 15) is 14.4 Å². The maximum absolute atomic E-state index is 12.6. The Morgan fingerprint density at radius 2 is 1.55 bits per heavy atom. The monoisotopic (exact) mass is 447 g/mol. The lowest BCUT2D eigenvalue weighted by Crippen LogP contribution is -2.20. The molecule has 33 heavy (non-hydrogen) atoms. The molecule has 0 heterocycles. The summed E-state index contributed by atoms with van der Waals surface area (Å²) in [6.45, 7) is 1.66. The number of hydrogen-bond acceptors (Lipinski definition) is 5. The molecular formula is C25H25N3O5. The van der Waals surface area contributed by atoms with Crippen LogP contribution in [-0.2, 0) is 4.79 Å². The molecule has 0 radical (unpaired) electrons. The summed E-state index contributed by atoms with van der Waals surface area (Å²) < 4.78 is 10.6. The van der Waals surface area contributed by atoms with Crippen LogP contribution in [0.5, 0.6) is 11.5 Å². The summed E-state index contributed by atoms with van der Waals surface area (Å²) in [5, 5.41) is 8.11. The molecule has 0 aliphatic rings. The Labute approximate surface area is 191 Å². The summed E-state index contributed by atoms with van der Waals surface area (Å²) in [5.41, 5.74) is 2.85. The highest BCUT2D eigenvalue weighted by atomic mass is 16.5. The van der Waals surface area contributed by atoms with Gasteiger partial charge in [0.1, 0.15) is 11.5 Å². The Balaban J connectivity index is 1.57. The third-order valence-electron chi connectivity index (χ3n) is 4.81. The van der Waals surface area contributed by atoms with Crippen LogP contribution in [0.4, 0.5) is 11.4 Å². The van der Waals surface area contributed by atoms with E-state index >= 15 is 0 Å². The summed E-state index contributed by atoms with van der Waals surface area (Å²) in [6.07, 6.45) is 0. The van der Waals surface area contributed by atoms with Crippen LogP contribution < -0.4 is 25.4 Å². The van der Waals surface area contributed by atoms with Crippen molar-refractivity contribution in [2.75, 3.05) is 31.4 Å². The third kappa shape index (κ3) is 6.33. The van der Waals surface area contributed by atoms with Crippen LogP contribution in [0.3, 0.4) is 0 Å². The van der Waals surface area contributed by atoms with Crippen molar-refractivity contribution in [2.24, 2.45) is 0 Å². The molecule has 8 nitrogen and oxygen atoms in total. The van der Waals surface area contributed by atoms with Gasteiger partial charge in [-0.3, -0.25) is 14.4 Å². The summed E-state index contributed by atoms with van der Waals surface area (Å²) in [6, 6.07) is 18.5. The number of nitrogens with one attached hydrogen (secondary N) is 3. The molecule has 0 saturated heterocycles. The average Bonchev–Trinajstić information content (AvgIpc) is 2.84. The first kappa shape index (κ1) is 23.3. The molecule has 170 valence electrons. The van der Waals surface area contributed by atoms with Gasteiger partial charge in [-0.15, -0.1) is 0 Å². The zero-order chi connectivity index (χ0) is 23.8. The molecule has 0 fully saturated rings. The molecule has 3 rings (SSSR count). The number of rotatable bonds is 8. The molecule has 0 spiro atoms. The van der Waals surface area contributed by atoms with Crippen LogP contribution in [0, 0.1) is 6.92 Å². The van der Waals surface area contributed by atoms with Crippen LogP contribution in [-0.4, -0.2) is 38.5 Å². The van der Waals surface area contributed by atoms with Crippen molar-refractivity contribution in [1.82, 2.24) is 5.32 Å². The van der Waals surface area contributed by atoms with Gasteiger partial charge in [-0.25, -0.2) is 0 Å². The largest absolute Gasteiger partial charge is 0.497 e. The molecule has 3 aromatic rings. The van der Waals surface area contributed by atoms with E-state index in [0.29, 0.717) is 34.0 Å². The smallest absolute Gasteiger partial charge is 0.262 e. The Morgan fingerprint density at radius 1 is 0.818 bits per heavy atom. The van der Waals surface area contributed by atoms with E-state index in [1.807, 2.05) is 6.92 Å². The molecule has 0 bridgehead atoms. The van der Waals surface area contributed by atoms with Gasteiger partial charge in [-0.1, -0.05) is 12.1 Å². The van der Waals surface area contributed by atoms with Gasteiger partial charge in [-0.2, -0.15) is 0 Å². The zero-order valence-electron chi connectivity index (χ0n) is 18.6. The van der Waals surface area contributed by atoms with Crippen molar-refractivity contribution in [2.45, 2.75) is 6.92 Å². The van der Waals surface area contributed by atoms with Gasteiger partial charge >= 0.3 is 0 Å². The summed E-state index contributed by atoms with van der Waals surface area (Å²) >= 11 is 0. The van der Waals surface area contributed by atoms with Crippen LogP contribution in [0.1, 0.15) is 26.3 Å². The van der Waals surface area contributed by atoms with Crippen molar-refractivity contribution < 1.29 is 23.9 Å². The minimum Gasteiger partial charge on any atom is -0.497 e. The van der Waals surface area contributed by atoms with Gasteiger partial charge in [-0.05, 0) is 61.0 Å². The van der Waals surface area contributed by atoms with Gasteiger partial charge in [0.15, 0.2) is 6.61 Å². The van der Waals surface area contributed by atoms with Gasteiger partial charge in [0.05, 0.1) is 7.11 Å². The summed E-state index contributed by atoms with van der Waals surface area (Å²) in [5.74, 6) is 0.205. The number of amides is 3. The molecule has 3 aromatic carbocycles. The van der Waals surface area contributed by atoms with E-state index in [0.717, 1.165) is 5.56 Å². The number of ether oxygens (including phenoxy) is 2. The quantitative estimate of drug-likeness (QED) is 0.489. The van der Waals surface area contributed by atoms with Gasteiger partial charge in [0.25, 0.3) is 17.7 Å². The van der Waals surface area contributed by atoms with E-state index in [2.05, 4.69) is 16.0 Å². The number of carbonyl (C=O) groups excluding carboxylic acids is 3. The highest BCUT2D eigenvalue weighted by molar-refractivity contribution is 6.05. The topological polar surface area (TPSA) is 106 Å². The molecule has 0 aromatic heterocycles. The molecule has 0 aliphatic carbocycles. The second-order valence-electron chi connectivity index (χ2n) is 7.16. The number of aryl methyl sites for hydroxylation is 1. The minimum atomic E-state index is -0.325. The lowest BCUT2D eigenvalue weighted by molar-refractivity contribution is -0.118. The fraction of sp³-hybridized carbons (Fsp3) is 0.160. The molecular weight excluding hydrogens is 422 g/mol. The number of anilines is 2. The maximum Gasteiger partial charge on any atom is 0.262 e. The molecule has 0 atom stereocenters. The second kappa shape index (κ2) is 10.8. The molecule has 3 amide bonds. The Bertz CT molecular complexity index is 1160. The van der Waals surface area contributed by atoms with Gasteiger partial charge in [0, 0.05) is 35.6 Å². The third-order valence-corrected chi connectivity index (χ3v) is 4.81. The van der Waals surface area contributed by atoms with E-state index in [-0.39, 0.29) is 24.3 Å². The molecule has 0 unspecified atom stereocenters. The first-order chi connectivity index (χ1) is 15.9. The Kier molecular flexibility index (Phi) is 7.64. The van der Waals surface area contributed by atoms with Gasteiger partial charge < -0.3 is 25.4 Å². The molecule has 0 aliphatic heterocycles. The summed E-state index contributed by atoms with van der Waals surface area (Å²) in [4.78, 5) is 36.6. The second-order valence-corrected chi connectivity index (χ2v) is 7.16. The number of methoxy groups -OCH3 is 1. The number of hydrogen-bond donors (Lipinski definition) is 3. The molecule has 0 saturated carbocycles. The van der Waals surface area contributed by atoms with E-state index < -0.39 is 0 Å². The normalized spacial score (nSPS) is 10.2. The summed E-state index contributed by atoms with van der Waals surface area (Å²) in [7, 11) is 3.10. The zero-order valence-corrected chi connectivity index (χ0v) is 18.6. The van der Waals surface area contributed by atoms with Crippen LogP contribution in [0.15, 0.2) is 66.7 Å². The van der Waals surface area contributed by atoms with Crippen LogP contribution in [0.2, 0.25) is 0 Å². The number of carbonyl (C=O) groups is 3. The predicted octanol–water partition coefficient (Wildman–Crippen LogP) is 3.63. The maximum atomic E-state index is 12.6. The van der Waals surface area contributed by atoms with Crippen molar-refractivity contribution >= 4 is 29.1 Å². The SMILES string of the molecule is CNC(=O)c1ccc(C)c(NC(=O)c2ccc(OCC(=O)Nc3cccc(OC)c3)cc2)c1. The van der Waals surface area contributed by atoms with Crippen molar-refractivity contribution in [1.29, 1.82) is 0 Å². The van der Waals surface area contributed by atoms with Crippen molar-refractivity contribution in [3.05, 3.63) is 83.4 Å². The minimum absolute atomic E-state index is 0.186. The Morgan fingerprint density at radius 3 is 2.24 bits per heavy atom. The first-order valence-corrected chi connectivity index (χ1v) is 10.2. The highest BCUT2D eigenvalue weighted by Gasteiger charge is 2.11. The van der Waals surface area contributed by atoms with E-state index in [1.54, 1.807) is 80.9 Å². The van der Waals surface area contributed by atoms with Crippen molar-refractivity contribution in [3.63, 3.8) is 0 Å². The fourth-order valence-electron chi connectivity index (χ4n) is 2.99. The number of benzene rings is 3. The van der Waals surface area contributed by atoms with Crippen molar-refractivity contribution in [3.8, 4) is 11.5 Å². The predicted molar refractivity (Wildman–Crippen MR) is 126 cm³/mol. The first-order valence-electron chi connectivity index (χ1n) is 10.2.